The number of nitrogens with zero attached hydrogens (tertiary/aromatic N) is 4. The molecule has 8 rings (SSSR count). The smallest absolute Gasteiger partial charge is 0.416 e. The van der Waals surface area contributed by atoms with Gasteiger partial charge in [-0.25, -0.2) is 4.79 Å². The van der Waals surface area contributed by atoms with E-state index in [4.69, 9.17) is 23.7 Å². The minimum atomic E-state index is -4.45. The predicted molar refractivity (Wildman–Crippen MR) is 277 cm³/mol. The zero-order valence-corrected chi connectivity index (χ0v) is 44.1. The summed E-state index contributed by atoms with van der Waals surface area (Å²) in [7, 11) is 3.36. The Kier molecular flexibility index (Phi) is 20.8. The zero-order chi connectivity index (χ0) is 53.7. The summed E-state index contributed by atoms with van der Waals surface area (Å²) in [6.07, 6.45) is -7.29. The number of methoxy groups -OCH3 is 2. The highest BCUT2D eigenvalue weighted by Crippen LogP contribution is 2.36. The van der Waals surface area contributed by atoms with E-state index in [0.717, 1.165) is 80.6 Å². The van der Waals surface area contributed by atoms with Crippen molar-refractivity contribution in [1.29, 1.82) is 0 Å². The highest BCUT2D eigenvalue weighted by molar-refractivity contribution is 5.87. The lowest BCUT2D eigenvalue weighted by Gasteiger charge is -2.43. The first kappa shape index (κ1) is 59.8. The Labute approximate surface area is 441 Å². The third-order valence-electron chi connectivity index (χ3n) is 13.0. The maximum absolute atomic E-state index is 13.6. The second-order valence-electron chi connectivity index (χ2n) is 19.4. The zero-order valence-electron chi connectivity index (χ0n) is 43.3. The van der Waals surface area contributed by atoms with Crippen LogP contribution in [0.15, 0.2) is 97.1 Å². The standard InChI is InChI=1S/C24H28F3N3O3.C19H24F3NO4.C11H16N2O.ClH/c1-32-21-6-3-2-5-20(21)29-13-15-30(16-14-29)22(31)23(11-4-12-28-17-23)33-19-9-7-18(8-10-19)24(25,26)27;1-13(24)18(26-15-8-6-14(7-9-15)19(20,21)22)10-5-11-23(12-18)16(25)27-17(2,3)4;1-14-11-5-3-2-4-10(11)13-8-6-12-7-9-13;/h2-3,5-10,28H,4,11-17H2,1H3;6-9H,5,10-12H2,1-4H3;2-5,12H,6-9H2,1H3;1H. The van der Waals surface area contributed by atoms with Gasteiger partial charge in [0.15, 0.2) is 17.0 Å². The summed E-state index contributed by atoms with van der Waals surface area (Å²) in [5.74, 6) is 1.73. The second kappa shape index (κ2) is 26.1. The first-order valence-corrected chi connectivity index (χ1v) is 24.7. The van der Waals surface area contributed by atoms with Crippen molar-refractivity contribution < 1.29 is 64.4 Å². The van der Waals surface area contributed by atoms with E-state index in [-0.39, 0.29) is 42.1 Å². The van der Waals surface area contributed by atoms with Crippen LogP contribution in [0.5, 0.6) is 23.0 Å². The summed E-state index contributed by atoms with van der Waals surface area (Å²) >= 11 is 0. The lowest BCUT2D eigenvalue weighted by Crippen LogP contribution is -2.63. The number of piperidine rings is 2. The second-order valence-corrected chi connectivity index (χ2v) is 19.4. The van der Waals surface area contributed by atoms with Crippen LogP contribution in [0, 0.1) is 0 Å². The molecule has 14 nitrogen and oxygen atoms in total. The lowest BCUT2D eigenvalue weighted by atomic mass is 9.89. The molecule has 2 unspecified atom stereocenters. The Balaban J connectivity index is 0.000000222. The molecule has 4 fully saturated rings. The number of ether oxygens (including phenoxy) is 5. The fraction of sp³-hybridized carbons (Fsp3) is 0.500. The third-order valence-corrected chi connectivity index (χ3v) is 13.0. The number of amides is 2. The number of anilines is 2. The van der Waals surface area contributed by atoms with Gasteiger partial charge in [0.05, 0.1) is 43.3 Å². The van der Waals surface area contributed by atoms with Crippen molar-refractivity contribution in [2.75, 3.05) is 103 Å². The average Bonchev–Trinajstić information content (AvgIpc) is 3.38. The van der Waals surface area contributed by atoms with Crippen LogP contribution in [0.4, 0.5) is 42.5 Å². The summed E-state index contributed by atoms with van der Waals surface area (Å²) < 4.78 is 105. The summed E-state index contributed by atoms with van der Waals surface area (Å²) in [6.45, 7) is 14.6. The summed E-state index contributed by atoms with van der Waals surface area (Å²) in [5.41, 5.74) is -2.48. The molecular formula is C54H69ClF6N6O8. The Hall–Kier alpha value is -6.12. The molecule has 4 saturated heterocycles. The number of carbonyl (C=O) groups excluding carboxylic acids is 3. The highest BCUT2D eigenvalue weighted by atomic mass is 35.5. The van der Waals surface area contributed by atoms with Crippen molar-refractivity contribution in [3.8, 4) is 23.0 Å². The molecule has 2 N–H and O–H groups in total. The van der Waals surface area contributed by atoms with Crippen molar-refractivity contribution in [3.63, 3.8) is 0 Å². The van der Waals surface area contributed by atoms with E-state index in [1.165, 1.54) is 41.8 Å². The number of hydrogen-bond acceptors (Lipinski definition) is 12. The van der Waals surface area contributed by atoms with Gasteiger partial charge in [0.2, 0.25) is 0 Å². The maximum Gasteiger partial charge on any atom is 0.416 e. The van der Waals surface area contributed by atoms with E-state index in [1.807, 2.05) is 36.4 Å². The number of alkyl halides is 6. The molecule has 4 aliphatic rings. The summed E-state index contributed by atoms with van der Waals surface area (Å²) in [6, 6.07) is 24.7. The summed E-state index contributed by atoms with van der Waals surface area (Å²) in [4.78, 5) is 46.0. The van der Waals surface area contributed by atoms with Gasteiger partial charge in [-0.1, -0.05) is 24.3 Å². The molecule has 2 amide bonds. The molecule has 0 aliphatic carbocycles. The molecular weight excluding hydrogens is 1010 g/mol. The van der Waals surface area contributed by atoms with Crippen LogP contribution in [0.25, 0.3) is 0 Å². The van der Waals surface area contributed by atoms with Crippen molar-refractivity contribution in [1.82, 2.24) is 20.4 Å². The molecule has 4 aliphatic heterocycles. The van der Waals surface area contributed by atoms with Gasteiger partial charge < -0.3 is 53.9 Å². The molecule has 4 aromatic carbocycles. The number of rotatable bonds is 10. The number of piperazine rings is 2. The van der Waals surface area contributed by atoms with Crippen LogP contribution in [-0.4, -0.2) is 137 Å². The number of likely N-dealkylation sites (tertiary alicyclic amines) is 1. The molecule has 21 heteroatoms. The lowest BCUT2D eigenvalue weighted by molar-refractivity contribution is -0.150. The molecule has 0 radical (unpaired) electrons. The third kappa shape index (κ3) is 16.2. The van der Waals surface area contributed by atoms with E-state index >= 15 is 0 Å². The van der Waals surface area contributed by atoms with E-state index in [0.29, 0.717) is 58.5 Å². The Morgan fingerprint density at radius 1 is 0.560 bits per heavy atom. The molecule has 0 spiro atoms. The van der Waals surface area contributed by atoms with Crippen molar-refractivity contribution in [2.24, 2.45) is 0 Å². The van der Waals surface area contributed by atoms with Crippen LogP contribution >= 0.6 is 12.4 Å². The normalized spacial score (nSPS) is 20.2. The quantitative estimate of drug-likeness (QED) is 0.147. The number of Topliss-reactive ketones (excluding diaryl/α,β-unsaturated/α-hetero) is 1. The van der Waals surface area contributed by atoms with Crippen molar-refractivity contribution in [2.45, 2.75) is 82.5 Å². The van der Waals surface area contributed by atoms with Gasteiger partial charge >= 0.3 is 18.4 Å². The first-order chi connectivity index (χ1) is 35.1. The Bertz CT molecular complexity index is 2460. The fourth-order valence-corrected chi connectivity index (χ4v) is 9.14. The van der Waals surface area contributed by atoms with Gasteiger partial charge in [0.25, 0.3) is 5.91 Å². The minimum Gasteiger partial charge on any atom is -0.495 e. The van der Waals surface area contributed by atoms with Crippen LogP contribution in [0.1, 0.15) is 64.5 Å². The van der Waals surface area contributed by atoms with Gasteiger partial charge in [-0.15, -0.1) is 12.4 Å². The van der Waals surface area contributed by atoms with Crippen molar-refractivity contribution >= 4 is 41.6 Å². The summed E-state index contributed by atoms with van der Waals surface area (Å²) in [5, 5.41) is 6.56. The largest absolute Gasteiger partial charge is 0.495 e. The molecule has 412 valence electrons. The van der Waals surface area contributed by atoms with E-state index < -0.39 is 46.4 Å². The van der Waals surface area contributed by atoms with Crippen LogP contribution in [0.3, 0.4) is 0 Å². The predicted octanol–water partition coefficient (Wildman–Crippen LogP) is 9.53. The number of ketones is 1. The molecule has 75 heavy (non-hydrogen) atoms. The van der Waals surface area contributed by atoms with Gasteiger partial charge in [-0.05, 0) is 133 Å². The maximum atomic E-state index is 13.6. The number of benzene rings is 4. The molecule has 0 aromatic heterocycles. The molecule has 4 heterocycles. The monoisotopic (exact) mass is 1080 g/mol. The van der Waals surface area contributed by atoms with Crippen LogP contribution < -0.4 is 39.4 Å². The number of nitrogens with one attached hydrogen (secondary N) is 2. The molecule has 4 aromatic rings. The number of halogens is 7. The Morgan fingerprint density at radius 2 is 1.03 bits per heavy atom. The molecule has 0 bridgehead atoms. The van der Waals surface area contributed by atoms with E-state index in [9.17, 15) is 40.7 Å². The fourth-order valence-electron chi connectivity index (χ4n) is 9.14. The van der Waals surface area contributed by atoms with Gasteiger partial charge in [0, 0.05) is 65.4 Å². The highest BCUT2D eigenvalue weighted by Gasteiger charge is 2.47. The Morgan fingerprint density at radius 3 is 1.47 bits per heavy atom. The van der Waals surface area contributed by atoms with E-state index in [1.54, 1.807) is 39.9 Å². The van der Waals surface area contributed by atoms with Gasteiger partial charge in [-0.3, -0.25) is 9.59 Å². The number of para-hydroxylation sites is 4. The van der Waals surface area contributed by atoms with Gasteiger partial charge in [-0.2, -0.15) is 26.3 Å². The molecule has 2 atom stereocenters. The average molecular weight is 1080 g/mol. The SMILES string of the molecule is CC(=O)C1(Oc2ccc(C(F)(F)F)cc2)CCCN(C(=O)OC(C)(C)C)C1.COc1ccccc1N1CCN(C(=O)C2(Oc3ccc(C(F)(F)F)cc3)CCCNC2)CC1.COc1ccccc1N1CCNCC1.Cl. The van der Waals surface area contributed by atoms with Crippen LogP contribution in [-0.2, 0) is 26.7 Å². The van der Waals surface area contributed by atoms with Crippen LogP contribution in [0.2, 0.25) is 0 Å². The minimum absolute atomic E-state index is 0. The number of hydrogen-bond donors (Lipinski definition) is 2. The number of carbonyl (C=O) groups is 3. The van der Waals surface area contributed by atoms with Gasteiger partial charge in [0.1, 0.15) is 28.6 Å². The molecule has 0 saturated carbocycles. The topological polar surface area (TPSA) is 134 Å². The van der Waals surface area contributed by atoms with E-state index in [2.05, 4.69) is 32.6 Å². The van der Waals surface area contributed by atoms with Crippen molar-refractivity contribution in [3.05, 3.63) is 108 Å². The first-order valence-electron chi connectivity index (χ1n) is 24.7.